The van der Waals surface area contributed by atoms with Gasteiger partial charge in [-0.15, -0.1) is 0 Å². The van der Waals surface area contributed by atoms with Crippen molar-refractivity contribution in [1.82, 2.24) is 10.4 Å². The Bertz CT molecular complexity index is 552. The topological polar surface area (TPSA) is 66.0 Å². The molecule has 2 amide bonds. The molecule has 2 heterocycles. The van der Waals surface area contributed by atoms with Crippen molar-refractivity contribution < 1.29 is 4.79 Å². The first-order valence-electron chi connectivity index (χ1n) is 4.56. The summed E-state index contributed by atoms with van der Waals surface area (Å²) in [6, 6.07) is 9.38. The average molecular weight is 200 g/mol. The number of hydrogen-bond donors (Lipinski definition) is 3. The van der Waals surface area contributed by atoms with Crippen LogP contribution in [0.3, 0.4) is 0 Å². The second kappa shape index (κ2) is 2.84. The number of carbonyl (C=O) groups excluding carboxylic acids is 1. The minimum Gasteiger partial charge on any atom is -0.293 e. The van der Waals surface area contributed by atoms with Gasteiger partial charge < -0.3 is 0 Å². The Morgan fingerprint density at radius 3 is 2.93 bits per heavy atom. The van der Waals surface area contributed by atoms with E-state index in [9.17, 15) is 4.79 Å². The van der Waals surface area contributed by atoms with Crippen LogP contribution in [-0.2, 0) is 0 Å². The van der Waals surface area contributed by atoms with Crippen LogP contribution >= 0.6 is 0 Å². The highest BCUT2D eigenvalue weighted by atomic mass is 16.2. The van der Waals surface area contributed by atoms with E-state index >= 15 is 0 Å². The van der Waals surface area contributed by atoms with E-state index in [-0.39, 0.29) is 6.03 Å². The lowest BCUT2D eigenvalue weighted by molar-refractivity contribution is 0.253. The number of aromatic nitrogens is 1. The van der Waals surface area contributed by atoms with E-state index in [2.05, 4.69) is 21.2 Å². The second-order valence-corrected chi connectivity index (χ2v) is 3.28. The van der Waals surface area contributed by atoms with E-state index in [1.165, 1.54) is 0 Å². The van der Waals surface area contributed by atoms with Gasteiger partial charge in [0.25, 0.3) is 0 Å². The predicted molar refractivity (Wildman–Crippen MR) is 57.5 cm³/mol. The highest BCUT2D eigenvalue weighted by molar-refractivity contribution is 5.98. The van der Waals surface area contributed by atoms with Crippen LogP contribution < -0.4 is 16.2 Å². The Balaban J connectivity index is 2.24. The minimum absolute atomic E-state index is 0.301. The van der Waals surface area contributed by atoms with Crippen LogP contribution in [0.2, 0.25) is 0 Å². The first-order chi connectivity index (χ1) is 7.33. The molecule has 1 aromatic carbocycles. The van der Waals surface area contributed by atoms with Crippen LogP contribution in [0.15, 0.2) is 30.3 Å². The van der Waals surface area contributed by atoms with Crippen LogP contribution in [0.4, 0.5) is 16.3 Å². The third-order valence-corrected chi connectivity index (χ3v) is 2.27. The maximum absolute atomic E-state index is 11.0. The Morgan fingerprint density at radius 1 is 1.13 bits per heavy atom. The highest BCUT2D eigenvalue weighted by Crippen LogP contribution is 2.25. The molecule has 1 aliphatic rings. The van der Waals surface area contributed by atoms with Crippen LogP contribution in [0.25, 0.3) is 10.9 Å². The number of nitrogens with one attached hydrogen (secondary N) is 3. The molecule has 2 aromatic rings. The van der Waals surface area contributed by atoms with E-state index in [1.807, 2.05) is 30.3 Å². The van der Waals surface area contributed by atoms with Gasteiger partial charge in [-0.1, -0.05) is 18.2 Å². The number of rotatable bonds is 0. The van der Waals surface area contributed by atoms with Gasteiger partial charge in [-0.05, 0) is 12.1 Å². The van der Waals surface area contributed by atoms with Gasteiger partial charge >= 0.3 is 6.03 Å². The molecule has 0 saturated carbocycles. The maximum atomic E-state index is 11.0. The number of anilines is 2. The standard InChI is InChI=1S/C10H8N4O/c15-10-12-9-8(13-14-10)5-6-3-1-2-4-7(6)11-9/h1-5,13H,(H2,11,12,14,15). The van der Waals surface area contributed by atoms with Crippen molar-refractivity contribution in [3.05, 3.63) is 30.3 Å². The van der Waals surface area contributed by atoms with Crippen LogP contribution in [0.5, 0.6) is 0 Å². The molecule has 5 nitrogen and oxygen atoms in total. The first kappa shape index (κ1) is 8.05. The molecule has 1 aromatic heterocycles. The SMILES string of the molecule is O=C1NNc2cc3ccccc3nc2N1. The molecule has 3 N–H and O–H groups in total. The summed E-state index contributed by atoms with van der Waals surface area (Å²) in [5, 5.41) is 3.66. The molecule has 3 rings (SSSR count). The number of nitrogens with zero attached hydrogens (tertiary/aromatic N) is 1. The van der Waals surface area contributed by atoms with Crippen molar-refractivity contribution in [2.45, 2.75) is 0 Å². The normalized spacial score (nSPS) is 13.7. The summed E-state index contributed by atoms with van der Waals surface area (Å²) in [6.07, 6.45) is 0. The molecule has 0 bridgehead atoms. The van der Waals surface area contributed by atoms with E-state index in [4.69, 9.17) is 0 Å². The lowest BCUT2D eigenvalue weighted by atomic mass is 10.2. The summed E-state index contributed by atoms with van der Waals surface area (Å²) in [4.78, 5) is 15.4. The summed E-state index contributed by atoms with van der Waals surface area (Å²) >= 11 is 0. The third-order valence-electron chi connectivity index (χ3n) is 2.27. The average Bonchev–Trinajstić information content (AvgIpc) is 2.26. The van der Waals surface area contributed by atoms with Gasteiger partial charge in [-0.2, -0.15) is 0 Å². The Labute approximate surface area is 85.5 Å². The van der Waals surface area contributed by atoms with E-state index in [0.717, 1.165) is 16.6 Å². The molecule has 0 atom stereocenters. The van der Waals surface area contributed by atoms with Crippen molar-refractivity contribution >= 4 is 28.4 Å². The zero-order chi connectivity index (χ0) is 10.3. The lowest BCUT2D eigenvalue weighted by Crippen LogP contribution is -2.38. The zero-order valence-corrected chi connectivity index (χ0v) is 7.74. The van der Waals surface area contributed by atoms with Crippen molar-refractivity contribution in [3.8, 4) is 0 Å². The number of hydrazine groups is 1. The third kappa shape index (κ3) is 1.25. The molecule has 0 radical (unpaired) electrons. The number of hydrogen-bond acceptors (Lipinski definition) is 3. The van der Waals surface area contributed by atoms with Gasteiger partial charge in [-0.25, -0.2) is 9.78 Å². The number of para-hydroxylation sites is 1. The molecule has 0 aliphatic carbocycles. The lowest BCUT2D eigenvalue weighted by Gasteiger charge is -2.19. The van der Waals surface area contributed by atoms with Gasteiger partial charge in [-0.3, -0.25) is 16.2 Å². The van der Waals surface area contributed by atoms with Crippen molar-refractivity contribution in [2.75, 3.05) is 10.7 Å². The molecular weight excluding hydrogens is 192 g/mol. The predicted octanol–water partition coefficient (Wildman–Crippen LogP) is 1.70. The van der Waals surface area contributed by atoms with Crippen molar-refractivity contribution in [3.63, 3.8) is 0 Å². The molecule has 0 saturated heterocycles. The molecule has 5 heteroatoms. The fourth-order valence-corrected chi connectivity index (χ4v) is 1.57. The summed E-state index contributed by atoms with van der Waals surface area (Å²) in [6.45, 7) is 0. The fraction of sp³-hybridized carbons (Fsp3) is 0. The summed E-state index contributed by atoms with van der Waals surface area (Å²) in [5.41, 5.74) is 6.88. The van der Waals surface area contributed by atoms with Gasteiger partial charge in [0.1, 0.15) is 0 Å². The van der Waals surface area contributed by atoms with Gasteiger partial charge in [0.05, 0.1) is 11.2 Å². The second-order valence-electron chi connectivity index (χ2n) is 3.28. The quantitative estimate of drug-likeness (QED) is 0.606. The largest absolute Gasteiger partial charge is 0.339 e. The number of urea groups is 1. The highest BCUT2D eigenvalue weighted by Gasteiger charge is 2.14. The molecule has 0 unspecified atom stereocenters. The molecule has 15 heavy (non-hydrogen) atoms. The van der Waals surface area contributed by atoms with E-state index < -0.39 is 0 Å². The summed E-state index contributed by atoms with van der Waals surface area (Å²) in [7, 11) is 0. The fourth-order valence-electron chi connectivity index (χ4n) is 1.57. The van der Waals surface area contributed by atoms with Gasteiger partial charge in [0.2, 0.25) is 0 Å². The zero-order valence-electron chi connectivity index (χ0n) is 7.74. The Kier molecular flexibility index (Phi) is 1.53. The van der Waals surface area contributed by atoms with Crippen LogP contribution in [0.1, 0.15) is 0 Å². The number of benzene rings is 1. The van der Waals surface area contributed by atoms with Gasteiger partial charge in [0, 0.05) is 5.39 Å². The summed E-state index contributed by atoms with van der Waals surface area (Å²) < 4.78 is 0. The van der Waals surface area contributed by atoms with Crippen molar-refractivity contribution in [1.29, 1.82) is 0 Å². The maximum Gasteiger partial charge on any atom is 0.339 e. The van der Waals surface area contributed by atoms with E-state index in [1.54, 1.807) is 0 Å². The number of amides is 2. The number of fused-ring (bicyclic) bond motifs is 2. The molecule has 74 valence electrons. The van der Waals surface area contributed by atoms with Crippen molar-refractivity contribution in [2.24, 2.45) is 0 Å². The number of pyridine rings is 1. The molecular formula is C10H8N4O. The Hall–Kier alpha value is -2.30. The monoisotopic (exact) mass is 200 g/mol. The molecule has 1 aliphatic heterocycles. The number of carbonyl (C=O) groups is 1. The van der Waals surface area contributed by atoms with Gasteiger partial charge in [0.15, 0.2) is 5.82 Å². The van der Waals surface area contributed by atoms with Crippen LogP contribution in [-0.4, -0.2) is 11.0 Å². The molecule has 0 fully saturated rings. The molecule has 0 spiro atoms. The smallest absolute Gasteiger partial charge is 0.293 e. The minimum atomic E-state index is -0.301. The summed E-state index contributed by atoms with van der Waals surface area (Å²) in [5.74, 6) is 0.553. The Morgan fingerprint density at radius 2 is 2.00 bits per heavy atom. The first-order valence-corrected chi connectivity index (χ1v) is 4.56. The van der Waals surface area contributed by atoms with E-state index in [0.29, 0.717) is 5.82 Å². The van der Waals surface area contributed by atoms with Crippen LogP contribution in [0, 0.1) is 0 Å².